The Labute approximate surface area is 124 Å². The van der Waals surface area contributed by atoms with Gasteiger partial charge in [0.2, 0.25) is 0 Å². The van der Waals surface area contributed by atoms with Gasteiger partial charge in [0.05, 0.1) is 0 Å². The van der Waals surface area contributed by atoms with Crippen LogP contribution in [0.4, 0.5) is 5.69 Å². The standard InChI is InChI=1S/C16H19N3S/c1-2-6-14(5-1)20-16-8-4-3-7-15(16)19-11-13-9-17-12-18-10-13/h3-4,7-10,12,14,19H,1-2,5-6,11H2. The fourth-order valence-corrected chi connectivity index (χ4v) is 3.87. The molecule has 1 aromatic heterocycles. The molecule has 0 amide bonds. The van der Waals surface area contributed by atoms with Crippen LogP contribution in [-0.4, -0.2) is 15.2 Å². The van der Waals surface area contributed by atoms with Crippen LogP contribution in [0.2, 0.25) is 0 Å². The summed E-state index contributed by atoms with van der Waals surface area (Å²) in [5.74, 6) is 0. The Kier molecular flexibility index (Phi) is 4.53. The third kappa shape index (κ3) is 3.51. The Bertz CT molecular complexity index is 538. The molecule has 2 aromatic rings. The number of benzene rings is 1. The summed E-state index contributed by atoms with van der Waals surface area (Å²) in [6, 6.07) is 8.57. The molecule has 0 atom stereocenters. The number of aromatic nitrogens is 2. The van der Waals surface area contributed by atoms with Gasteiger partial charge in [-0.15, -0.1) is 11.8 Å². The Morgan fingerprint density at radius 3 is 2.65 bits per heavy atom. The Morgan fingerprint density at radius 1 is 1.10 bits per heavy atom. The number of anilines is 1. The van der Waals surface area contributed by atoms with Crippen molar-refractivity contribution in [3.8, 4) is 0 Å². The van der Waals surface area contributed by atoms with Crippen LogP contribution in [0.1, 0.15) is 31.2 Å². The van der Waals surface area contributed by atoms with Gasteiger partial charge in [-0.25, -0.2) is 9.97 Å². The molecule has 1 aliphatic carbocycles. The summed E-state index contributed by atoms with van der Waals surface area (Å²) in [5.41, 5.74) is 2.32. The molecule has 4 heteroatoms. The highest BCUT2D eigenvalue weighted by atomic mass is 32.2. The normalized spacial score (nSPS) is 15.4. The van der Waals surface area contributed by atoms with E-state index < -0.39 is 0 Å². The van der Waals surface area contributed by atoms with Crippen molar-refractivity contribution >= 4 is 17.4 Å². The van der Waals surface area contributed by atoms with Crippen LogP contribution >= 0.6 is 11.8 Å². The number of hydrogen-bond donors (Lipinski definition) is 1. The number of nitrogens with one attached hydrogen (secondary N) is 1. The molecule has 0 saturated heterocycles. The first-order valence-electron chi connectivity index (χ1n) is 7.15. The van der Waals surface area contributed by atoms with Crippen LogP contribution in [0, 0.1) is 0 Å². The van der Waals surface area contributed by atoms with E-state index in [0.29, 0.717) is 0 Å². The van der Waals surface area contributed by atoms with Crippen molar-refractivity contribution in [3.05, 3.63) is 48.5 Å². The molecule has 1 heterocycles. The van der Waals surface area contributed by atoms with Crippen molar-refractivity contribution in [2.75, 3.05) is 5.32 Å². The Balaban J connectivity index is 1.66. The summed E-state index contributed by atoms with van der Waals surface area (Å²) in [4.78, 5) is 9.45. The van der Waals surface area contributed by atoms with Crippen molar-refractivity contribution in [1.29, 1.82) is 0 Å². The van der Waals surface area contributed by atoms with Gasteiger partial charge in [0.1, 0.15) is 6.33 Å². The van der Waals surface area contributed by atoms with Gasteiger partial charge in [-0.3, -0.25) is 0 Å². The van der Waals surface area contributed by atoms with Crippen molar-refractivity contribution in [2.24, 2.45) is 0 Å². The van der Waals surface area contributed by atoms with Crippen LogP contribution in [0.3, 0.4) is 0 Å². The Morgan fingerprint density at radius 2 is 1.85 bits per heavy atom. The molecule has 0 spiro atoms. The summed E-state index contributed by atoms with van der Waals surface area (Å²) in [7, 11) is 0. The summed E-state index contributed by atoms with van der Waals surface area (Å²) < 4.78 is 0. The van der Waals surface area contributed by atoms with E-state index in [2.05, 4.69) is 39.6 Å². The monoisotopic (exact) mass is 285 g/mol. The van der Waals surface area contributed by atoms with Crippen LogP contribution in [0.5, 0.6) is 0 Å². The lowest BCUT2D eigenvalue weighted by molar-refractivity contribution is 0.886. The number of rotatable bonds is 5. The van der Waals surface area contributed by atoms with E-state index >= 15 is 0 Å². The maximum Gasteiger partial charge on any atom is 0.115 e. The minimum atomic E-state index is 0.767. The molecule has 1 aromatic carbocycles. The molecule has 104 valence electrons. The summed E-state index contributed by atoms with van der Waals surface area (Å²) in [6.07, 6.45) is 10.7. The first-order valence-corrected chi connectivity index (χ1v) is 8.03. The highest BCUT2D eigenvalue weighted by Crippen LogP contribution is 2.38. The fraction of sp³-hybridized carbons (Fsp3) is 0.375. The van der Waals surface area contributed by atoms with E-state index in [0.717, 1.165) is 17.4 Å². The number of nitrogens with zero attached hydrogens (tertiary/aromatic N) is 2. The lowest BCUT2D eigenvalue weighted by Crippen LogP contribution is -2.02. The van der Waals surface area contributed by atoms with E-state index in [9.17, 15) is 0 Å². The smallest absolute Gasteiger partial charge is 0.115 e. The number of hydrogen-bond acceptors (Lipinski definition) is 4. The predicted molar refractivity (Wildman–Crippen MR) is 83.9 cm³/mol. The molecule has 1 saturated carbocycles. The molecule has 1 aliphatic rings. The van der Waals surface area contributed by atoms with Crippen LogP contribution < -0.4 is 5.32 Å². The van der Waals surface area contributed by atoms with Gasteiger partial charge in [0, 0.05) is 40.3 Å². The summed E-state index contributed by atoms with van der Waals surface area (Å²) in [5, 5.41) is 4.29. The Hall–Kier alpha value is -1.55. The molecule has 1 N–H and O–H groups in total. The lowest BCUT2D eigenvalue weighted by Gasteiger charge is -2.14. The van der Waals surface area contributed by atoms with Gasteiger partial charge in [-0.05, 0) is 25.0 Å². The molecule has 0 bridgehead atoms. The zero-order valence-electron chi connectivity index (χ0n) is 11.5. The number of thioether (sulfide) groups is 1. The maximum atomic E-state index is 4.05. The van der Waals surface area contributed by atoms with Gasteiger partial charge in [-0.1, -0.05) is 25.0 Å². The van der Waals surface area contributed by atoms with Gasteiger partial charge in [-0.2, -0.15) is 0 Å². The molecule has 0 unspecified atom stereocenters. The zero-order chi connectivity index (χ0) is 13.6. The molecule has 3 nitrogen and oxygen atoms in total. The van der Waals surface area contributed by atoms with Gasteiger partial charge in [0.15, 0.2) is 0 Å². The van der Waals surface area contributed by atoms with Crippen molar-refractivity contribution < 1.29 is 0 Å². The van der Waals surface area contributed by atoms with Crippen LogP contribution in [0.25, 0.3) is 0 Å². The molecular weight excluding hydrogens is 266 g/mol. The van der Waals surface area contributed by atoms with Crippen molar-refractivity contribution in [3.63, 3.8) is 0 Å². The highest BCUT2D eigenvalue weighted by Gasteiger charge is 2.17. The molecule has 20 heavy (non-hydrogen) atoms. The lowest BCUT2D eigenvalue weighted by atomic mass is 10.3. The minimum Gasteiger partial charge on any atom is -0.380 e. The first kappa shape index (κ1) is 13.4. The van der Waals surface area contributed by atoms with E-state index in [-0.39, 0.29) is 0 Å². The summed E-state index contributed by atoms with van der Waals surface area (Å²) >= 11 is 2.02. The third-order valence-electron chi connectivity index (χ3n) is 3.58. The SMILES string of the molecule is c1ccc(SC2CCCC2)c(NCc2cncnc2)c1. The third-order valence-corrected chi connectivity index (χ3v) is 4.99. The molecule has 1 fully saturated rings. The second-order valence-electron chi connectivity index (χ2n) is 5.12. The van der Waals surface area contributed by atoms with E-state index in [4.69, 9.17) is 0 Å². The topological polar surface area (TPSA) is 37.8 Å². The van der Waals surface area contributed by atoms with E-state index in [1.807, 2.05) is 24.2 Å². The zero-order valence-corrected chi connectivity index (χ0v) is 12.3. The van der Waals surface area contributed by atoms with E-state index in [1.54, 1.807) is 6.33 Å². The number of para-hydroxylation sites is 1. The van der Waals surface area contributed by atoms with Crippen LogP contribution in [-0.2, 0) is 6.54 Å². The summed E-state index contributed by atoms with van der Waals surface area (Å²) in [6.45, 7) is 0.767. The van der Waals surface area contributed by atoms with Crippen LogP contribution in [0.15, 0.2) is 47.9 Å². The largest absolute Gasteiger partial charge is 0.380 e. The first-order chi connectivity index (χ1) is 9.92. The van der Waals surface area contributed by atoms with Gasteiger partial charge >= 0.3 is 0 Å². The average Bonchev–Trinajstić information content (AvgIpc) is 3.00. The van der Waals surface area contributed by atoms with Gasteiger partial charge < -0.3 is 5.32 Å². The fourth-order valence-electron chi connectivity index (χ4n) is 2.52. The second kappa shape index (κ2) is 6.75. The quantitative estimate of drug-likeness (QED) is 0.896. The van der Waals surface area contributed by atoms with Crippen molar-refractivity contribution in [2.45, 2.75) is 42.4 Å². The average molecular weight is 285 g/mol. The molecular formula is C16H19N3S. The molecule has 0 aliphatic heterocycles. The van der Waals surface area contributed by atoms with E-state index in [1.165, 1.54) is 36.3 Å². The highest BCUT2D eigenvalue weighted by molar-refractivity contribution is 8.00. The predicted octanol–water partition coefficient (Wildman–Crippen LogP) is 4.12. The van der Waals surface area contributed by atoms with Crippen molar-refractivity contribution in [1.82, 2.24) is 9.97 Å². The second-order valence-corrected chi connectivity index (χ2v) is 6.46. The molecule has 3 rings (SSSR count). The molecule has 0 radical (unpaired) electrons. The minimum absolute atomic E-state index is 0.767. The maximum absolute atomic E-state index is 4.05. The van der Waals surface area contributed by atoms with Gasteiger partial charge in [0.25, 0.3) is 0 Å².